The van der Waals surface area contributed by atoms with Gasteiger partial charge in [-0.15, -0.1) is 0 Å². The highest BCUT2D eigenvalue weighted by Gasteiger charge is 2.20. The first kappa shape index (κ1) is 7.74. The molecule has 2 aromatic rings. The Morgan fingerprint density at radius 2 is 1.64 bits per heavy atom. The molecule has 3 rings (SSSR count). The van der Waals surface area contributed by atoms with E-state index in [9.17, 15) is 4.39 Å². The van der Waals surface area contributed by atoms with E-state index in [4.69, 9.17) is 0 Å². The van der Waals surface area contributed by atoms with Crippen LogP contribution in [0.2, 0.25) is 0 Å². The molecule has 1 aliphatic carbocycles. The van der Waals surface area contributed by atoms with Crippen molar-refractivity contribution >= 4 is 0 Å². The zero-order valence-corrected chi connectivity index (χ0v) is 7.63. The molecule has 0 spiro atoms. The number of rotatable bonds is 0. The molecule has 1 aliphatic rings. The normalized spacial score (nSPS) is 12.4. The lowest BCUT2D eigenvalue weighted by Gasteiger charge is -2.00. The van der Waals surface area contributed by atoms with Crippen molar-refractivity contribution in [3.8, 4) is 11.1 Å². The molecular weight excluding hydrogens is 175 g/mol. The Morgan fingerprint density at radius 3 is 2.57 bits per heavy atom. The first-order chi connectivity index (χ1) is 6.86. The fourth-order valence-electron chi connectivity index (χ4n) is 2.14. The van der Waals surface area contributed by atoms with E-state index >= 15 is 0 Å². The number of benzene rings is 2. The molecule has 0 aromatic heterocycles. The molecule has 2 aromatic carbocycles. The third kappa shape index (κ3) is 0.925. The first-order valence-electron chi connectivity index (χ1n) is 4.72. The summed E-state index contributed by atoms with van der Waals surface area (Å²) in [6.07, 6.45) is 0.864. The van der Waals surface area contributed by atoms with E-state index in [2.05, 4.69) is 6.07 Å². The van der Waals surface area contributed by atoms with Gasteiger partial charge in [-0.3, -0.25) is 0 Å². The third-order valence-electron chi connectivity index (χ3n) is 2.77. The van der Waals surface area contributed by atoms with Gasteiger partial charge >= 0.3 is 0 Å². The number of fused-ring (bicyclic) bond motifs is 3. The Bertz CT molecular complexity index is 500. The van der Waals surface area contributed by atoms with E-state index in [-0.39, 0.29) is 5.82 Å². The Kier molecular flexibility index (Phi) is 1.48. The minimum atomic E-state index is -0.104. The predicted molar refractivity (Wildman–Crippen MR) is 54.6 cm³/mol. The zero-order chi connectivity index (χ0) is 9.54. The molecule has 0 unspecified atom stereocenters. The van der Waals surface area contributed by atoms with Crippen molar-refractivity contribution in [2.45, 2.75) is 6.42 Å². The van der Waals surface area contributed by atoms with Crippen LogP contribution in [0, 0.1) is 5.82 Å². The summed E-state index contributed by atoms with van der Waals surface area (Å²) in [5.41, 5.74) is 4.18. The zero-order valence-electron chi connectivity index (χ0n) is 7.63. The Hall–Kier alpha value is -1.63. The van der Waals surface area contributed by atoms with Crippen molar-refractivity contribution in [2.24, 2.45) is 0 Å². The molecule has 0 nitrogen and oxygen atoms in total. The molecule has 0 heterocycles. The summed E-state index contributed by atoms with van der Waals surface area (Å²) in [5.74, 6) is -0.104. The fraction of sp³-hybridized carbons (Fsp3) is 0.0769. The van der Waals surface area contributed by atoms with E-state index < -0.39 is 0 Å². The maximum atomic E-state index is 13.6. The van der Waals surface area contributed by atoms with Gasteiger partial charge < -0.3 is 0 Å². The second kappa shape index (κ2) is 2.68. The van der Waals surface area contributed by atoms with E-state index in [1.165, 1.54) is 11.6 Å². The van der Waals surface area contributed by atoms with Crippen molar-refractivity contribution in [2.75, 3.05) is 0 Å². The molecule has 0 saturated heterocycles. The fourth-order valence-corrected chi connectivity index (χ4v) is 2.14. The summed E-state index contributed by atoms with van der Waals surface area (Å²) in [6, 6.07) is 13.3. The van der Waals surface area contributed by atoms with Crippen molar-refractivity contribution in [3.05, 3.63) is 59.4 Å². The summed E-state index contributed by atoms with van der Waals surface area (Å²) in [5, 5.41) is 0. The van der Waals surface area contributed by atoms with Crippen LogP contribution in [-0.2, 0) is 6.42 Å². The van der Waals surface area contributed by atoms with Crippen LogP contribution in [0.15, 0.2) is 42.5 Å². The summed E-state index contributed by atoms with van der Waals surface area (Å²) in [6.45, 7) is 0. The average molecular weight is 184 g/mol. The predicted octanol–water partition coefficient (Wildman–Crippen LogP) is 3.40. The molecule has 0 fully saturated rings. The van der Waals surface area contributed by atoms with Gasteiger partial charge in [0.25, 0.3) is 0 Å². The lowest BCUT2D eigenvalue weighted by molar-refractivity contribution is 0.631. The van der Waals surface area contributed by atoms with Crippen LogP contribution in [0.1, 0.15) is 11.1 Å². The monoisotopic (exact) mass is 184 g/mol. The molecule has 1 heteroatoms. The van der Waals surface area contributed by atoms with Crippen molar-refractivity contribution in [1.29, 1.82) is 0 Å². The second-order valence-corrected chi connectivity index (χ2v) is 3.61. The molecule has 0 saturated carbocycles. The van der Waals surface area contributed by atoms with Gasteiger partial charge in [0.1, 0.15) is 5.82 Å². The molecule has 0 radical (unpaired) electrons. The van der Waals surface area contributed by atoms with Gasteiger partial charge in [-0.05, 0) is 29.2 Å². The molecule has 0 bridgehead atoms. The lowest BCUT2D eigenvalue weighted by Crippen LogP contribution is -1.83. The minimum absolute atomic E-state index is 0.104. The number of hydrogen-bond acceptors (Lipinski definition) is 0. The van der Waals surface area contributed by atoms with E-state index in [0.717, 1.165) is 23.1 Å². The molecule has 0 N–H and O–H groups in total. The average Bonchev–Trinajstić information content (AvgIpc) is 2.57. The van der Waals surface area contributed by atoms with Gasteiger partial charge in [0.2, 0.25) is 0 Å². The maximum absolute atomic E-state index is 13.6. The van der Waals surface area contributed by atoms with Crippen LogP contribution in [-0.4, -0.2) is 0 Å². The maximum Gasteiger partial charge on any atom is 0.131 e. The van der Waals surface area contributed by atoms with Crippen LogP contribution >= 0.6 is 0 Å². The van der Waals surface area contributed by atoms with Crippen LogP contribution in [0.3, 0.4) is 0 Å². The van der Waals surface area contributed by atoms with Gasteiger partial charge in [0, 0.05) is 5.56 Å². The van der Waals surface area contributed by atoms with Crippen LogP contribution in [0.25, 0.3) is 11.1 Å². The van der Waals surface area contributed by atoms with Crippen molar-refractivity contribution < 1.29 is 4.39 Å². The van der Waals surface area contributed by atoms with Crippen molar-refractivity contribution in [3.63, 3.8) is 0 Å². The summed E-state index contributed by atoms with van der Waals surface area (Å²) in [4.78, 5) is 0. The van der Waals surface area contributed by atoms with Crippen LogP contribution in [0.5, 0.6) is 0 Å². The second-order valence-electron chi connectivity index (χ2n) is 3.61. The Labute approximate surface area is 82.0 Å². The largest absolute Gasteiger partial charge is 0.206 e. The highest BCUT2D eigenvalue weighted by atomic mass is 19.1. The first-order valence-corrected chi connectivity index (χ1v) is 4.72. The SMILES string of the molecule is Fc1cccc2c1-c1ccccc1C2. The lowest BCUT2D eigenvalue weighted by atomic mass is 10.1. The summed E-state index contributed by atoms with van der Waals surface area (Å²) in [7, 11) is 0. The Morgan fingerprint density at radius 1 is 0.857 bits per heavy atom. The standard InChI is InChI=1S/C13H9F/c14-12-7-3-5-10-8-9-4-1-2-6-11(9)13(10)12/h1-7H,8H2. The van der Waals surface area contributed by atoms with Gasteiger partial charge in [0.15, 0.2) is 0 Å². The molecule has 0 amide bonds. The smallest absolute Gasteiger partial charge is 0.131 e. The van der Waals surface area contributed by atoms with Gasteiger partial charge in [0.05, 0.1) is 0 Å². The van der Waals surface area contributed by atoms with Gasteiger partial charge in [-0.25, -0.2) is 4.39 Å². The summed E-state index contributed by atoms with van der Waals surface area (Å²) >= 11 is 0. The van der Waals surface area contributed by atoms with E-state index in [1.54, 1.807) is 6.07 Å². The summed E-state index contributed by atoms with van der Waals surface area (Å²) < 4.78 is 13.6. The molecule has 0 aliphatic heterocycles. The highest BCUT2D eigenvalue weighted by molar-refractivity contribution is 5.76. The van der Waals surface area contributed by atoms with Crippen molar-refractivity contribution in [1.82, 2.24) is 0 Å². The van der Waals surface area contributed by atoms with E-state index in [1.807, 2.05) is 24.3 Å². The van der Waals surface area contributed by atoms with Crippen LogP contribution in [0.4, 0.5) is 4.39 Å². The third-order valence-corrected chi connectivity index (χ3v) is 2.77. The molecule has 14 heavy (non-hydrogen) atoms. The van der Waals surface area contributed by atoms with E-state index in [0.29, 0.717) is 0 Å². The topological polar surface area (TPSA) is 0 Å². The van der Waals surface area contributed by atoms with Gasteiger partial charge in [-0.2, -0.15) is 0 Å². The Balaban J connectivity index is 2.35. The van der Waals surface area contributed by atoms with Gasteiger partial charge in [-0.1, -0.05) is 36.4 Å². The highest BCUT2D eigenvalue weighted by Crippen LogP contribution is 2.37. The molecule has 68 valence electrons. The number of halogens is 1. The number of hydrogen-bond donors (Lipinski definition) is 0. The molecule has 0 atom stereocenters. The van der Waals surface area contributed by atoms with Crippen LogP contribution < -0.4 is 0 Å². The quantitative estimate of drug-likeness (QED) is 0.502. The molecular formula is C13H9F. The minimum Gasteiger partial charge on any atom is -0.206 e.